The molecule has 0 saturated carbocycles. The molecular formula is C7H15NO3. The fraction of sp³-hybridized carbons (Fsp3) is 0.857. The van der Waals surface area contributed by atoms with Gasteiger partial charge in [0.1, 0.15) is 0 Å². The Morgan fingerprint density at radius 2 is 2.09 bits per heavy atom. The molecule has 0 aromatic heterocycles. The Bertz CT molecular complexity index is 106. The summed E-state index contributed by atoms with van der Waals surface area (Å²) in [7, 11) is 1.64. The van der Waals surface area contributed by atoms with Crippen LogP contribution in [-0.2, 0) is 14.3 Å². The Hall–Kier alpha value is -0.610. The molecular weight excluding hydrogens is 146 g/mol. The Morgan fingerprint density at radius 3 is 2.64 bits per heavy atom. The van der Waals surface area contributed by atoms with Crippen LogP contribution in [-0.4, -0.2) is 32.8 Å². The van der Waals surface area contributed by atoms with Gasteiger partial charge in [-0.2, -0.15) is 0 Å². The average molecular weight is 161 g/mol. The Balaban J connectivity index is 2.85. The van der Waals surface area contributed by atoms with E-state index in [-0.39, 0.29) is 5.91 Å². The number of amides is 1. The third-order valence-corrected chi connectivity index (χ3v) is 1.13. The van der Waals surface area contributed by atoms with Crippen LogP contribution in [0.15, 0.2) is 0 Å². The molecule has 1 amide bonds. The molecule has 0 spiro atoms. The molecule has 4 nitrogen and oxygen atoms in total. The van der Waals surface area contributed by atoms with E-state index in [0.717, 1.165) is 6.42 Å². The van der Waals surface area contributed by atoms with E-state index in [2.05, 4.69) is 0 Å². The van der Waals surface area contributed by atoms with Crippen LogP contribution in [0.5, 0.6) is 0 Å². The van der Waals surface area contributed by atoms with Crippen molar-refractivity contribution in [1.82, 2.24) is 0 Å². The molecule has 66 valence electrons. The van der Waals surface area contributed by atoms with Crippen LogP contribution in [0.4, 0.5) is 0 Å². The van der Waals surface area contributed by atoms with Gasteiger partial charge < -0.3 is 15.2 Å². The molecule has 0 fully saturated rings. The minimum Gasteiger partial charge on any atom is -0.385 e. The van der Waals surface area contributed by atoms with Gasteiger partial charge >= 0.3 is 0 Å². The molecule has 0 unspecified atom stereocenters. The maximum Gasteiger partial charge on any atom is 0.219 e. The highest BCUT2D eigenvalue weighted by Gasteiger charge is 1.93. The lowest BCUT2D eigenvalue weighted by Gasteiger charge is -2.00. The van der Waals surface area contributed by atoms with Crippen molar-refractivity contribution in [3.8, 4) is 0 Å². The van der Waals surface area contributed by atoms with Gasteiger partial charge in [-0.1, -0.05) is 0 Å². The first-order chi connectivity index (χ1) is 5.27. The molecule has 0 aromatic carbocycles. The van der Waals surface area contributed by atoms with Crippen LogP contribution >= 0.6 is 0 Å². The van der Waals surface area contributed by atoms with Crippen molar-refractivity contribution < 1.29 is 14.3 Å². The molecule has 0 radical (unpaired) electrons. The van der Waals surface area contributed by atoms with Crippen molar-refractivity contribution in [3.05, 3.63) is 0 Å². The average Bonchev–Trinajstić information content (AvgIpc) is 1.96. The number of primary amides is 1. The summed E-state index contributed by atoms with van der Waals surface area (Å²) in [6, 6.07) is 0. The standard InChI is InChI=1S/C7H15NO3/c1-10-4-2-5-11-6-3-7(8)9/h2-6H2,1H3,(H2,8,9). The van der Waals surface area contributed by atoms with Crippen LogP contribution in [0.25, 0.3) is 0 Å². The number of carbonyl (C=O) groups excluding carboxylic acids is 1. The van der Waals surface area contributed by atoms with E-state index in [1.54, 1.807) is 7.11 Å². The van der Waals surface area contributed by atoms with Crippen molar-refractivity contribution in [2.24, 2.45) is 5.73 Å². The summed E-state index contributed by atoms with van der Waals surface area (Å²) in [5, 5.41) is 0. The summed E-state index contributed by atoms with van der Waals surface area (Å²) < 4.78 is 9.86. The lowest BCUT2D eigenvalue weighted by Crippen LogP contribution is -2.13. The quantitative estimate of drug-likeness (QED) is 0.531. The SMILES string of the molecule is COCCCOCCC(N)=O. The lowest BCUT2D eigenvalue weighted by molar-refractivity contribution is -0.119. The first kappa shape index (κ1) is 10.4. The highest BCUT2D eigenvalue weighted by atomic mass is 16.5. The minimum atomic E-state index is -0.322. The molecule has 0 aliphatic carbocycles. The van der Waals surface area contributed by atoms with Crippen molar-refractivity contribution in [1.29, 1.82) is 0 Å². The number of nitrogens with two attached hydrogens (primary N) is 1. The zero-order valence-electron chi connectivity index (χ0n) is 6.84. The molecule has 0 aromatic rings. The highest BCUT2D eigenvalue weighted by molar-refractivity contribution is 5.73. The van der Waals surface area contributed by atoms with Gasteiger partial charge in [-0.05, 0) is 6.42 Å². The molecule has 0 heterocycles. The van der Waals surface area contributed by atoms with E-state index >= 15 is 0 Å². The van der Waals surface area contributed by atoms with Crippen LogP contribution in [0, 0.1) is 0 Å². The molecule has 2 N–H and O–H groups in total. The number of hydrogen-bond acceptors (Lipinski definition) is 3. The predicted molar refractivity (Wildman–Crippen MR) is 41.1 cm³/mol. The van der Waals surface area contributed by atoms with E-state index in [9.17, 15) is 4.79 Å². The Kier molecular flexibility index (Phi) is 7.08. The number of carbonyl (C=O) groups is 1. The van der Waals surface area contributed by atoms with E-state index in [4.69, 9.17) is 15.2 Å². The smallest absolute Gasteiger partial charge is 0.219 e. The fourth-order valence-corrected chi connectivity index (χ4v) is 0.580. The first-order valence-electron chi connectivity index (χ1n) is 3.62. The Labute approximate surface area is 66.7 Å². The zero-order chi connectivity index (χ0) is 8.53. The summed E-state index contributed by atoms with van der Waals surface area (Å²) in [6.45, 7) is 1.73. The second-order valence-electron chi connectivity index (χ2n) is 2.18. The molecule has 0 atom stereocenters. The van der Waals surface area contributed by atoms with Crippen molar-refractivity contribution in [2.45, 2.75) is 12.8 Å². The van der Waals surface area contributed by atoms with Crippen LogP contribution in [0.2, 0.25) is 0 Å². The van der Waals surface area contributed by atoms with E-state index in [1.807, 2.05) is 0 Å². The van der Waals surface area contributed by atoms with Gasteiger partial charge in [-0.3, -0.25) is 4.79 Å². The zero-order valence-corrected chi connectivity index (χ0v) is 6.84. The minimum absolute atomic E-state index is 0.299. The molecule has 0 aliphatic heterocycles. The predicted octanol–water partition coefficient (Wildman–Crippen LogP) is -0.0851. The van der Waals surface area contributed by atoms with Gasteiger partial charge in [0.05, 0.1) is 6.61 Å². The van der Waals surface area contributed by atoms with Crippen molar-refractivity contribution in [2.75, 3.05) is 26.9 Å². The Morgan fingerprint density at radius 1 is 1.36 bits per heavy atom. The second-order valence-corrected chi connectivity index (χ2v) is 2.18. The third kappa shape index (κ3) is 9.39. The first-order valence-corrected chi connectivity index (χ1v) is 3.62. The van der Waals surface area contributed by atoms with E-state index < -0.39 is 0 Å². The van der Waals surface area contributed by atoms with E-state index in [0.29, 0.717) is 26.2 Å². The number of hydrogen-bond donors (Lipinski definition) is 1. The third-order valence-electron chi connectivity index (χ3n) is 1.13. The van der Waals surface area contributed by atoms with Gasteiger partial charge in [-0.15, -0.1) is 0 Å². The fourth-order valence-electron chi connectivity index (χ4n) is 0.580. The molecule has 11 heavy (non-hydrogen) atoms. The summed E-state index contributed by atoms with van der Waals surface area (Å²) in [6.07, 6.45) is 1.16. The molecule has 0 rings (SSSR count). The summed E-state index contributed by atoms with van der Waals surface area (Å²) in [5.74, 6) is -0.322. The lowest BCUT2D eigenvalue weighted by atomic mass is 10.4. The van der Waals surface area contributed by atoms with Gasteiger partial charge in [0.15, 0.2) is 0 Å². The molecule has 0 bridgehead atoms. The van der Waals surface area contributed by atoms with Crippen LogP contribution in [0.3, 0.4) is 0 Å². The maximum absolute atomic E-state index is 10.2. The molecule has 0 aliphatic rings. The van der Waals surface area contributed by atoms with Crippen molar-refractivity contribution >= 4 is 5.91 Å². The maximum atomic E-state index is 10.2. The topological polar surface area (TPSA) is 61.6 Å². The van der Waals surface area contributed by atoms with Crippen LogP contribution < -0.4 is 5.73 Å². The number of methoxy groups -OCH3 is 1. The van der Waals surface area contributed by atoms with Crippen molar-refractivity contribution in [3.63, 3.8) is 0 Å². The van der Waals surface area contributed by atoms with Gasteiger partial charge in [-0.25, -0.2) is 0 Å². The summed E-state index contributed by atoms with van der Waals surface area (Å²) in [5.41, 5.74) is 4.89. The number of rotatable bonds is 7. The largest absolute Gasteiger partial charge is 0.385 e. The van der Waals surface area contributed by atoms with Gasteiger partial charge in [0, 0.05) is 26.7 Å². The second kappa shape index (κ2) is 7.50. The molecule has 4 heteroatoms. The summed E-state index contributed by atoms with van der Waals surface area (Å²) in [4.78, 5) is 10.2. The van der Waals surface area contributed by atoms with Crippen LogP contribution in [0.1, 0.15) is 12.8 Å². The summed E-state index contributed by atoms with van der Waals surface area (Å²) >= 11 is 0. The van der Waals surface area contributed by atoms with E-state index in [1.165, 1.54) is 0 Å². The monoisotopic (exact) mass is 161 g/mol. The number of ether oxygens (including phenoxy) is 2. The highest BCUT2D eigenvalue weighted by Crippen LogP contribution is 1.85. The van der Waals surface area contributed by atoms with Gasteiger partial charge in [0.2, 0.25) is 5.91 Å². The van der Waals surface area contributed by atoms with Gasteiger partial charge in [0.25, 0.3) is 0 Å². The normalized spacial score (nSPS) is 9.91. The molecule has 0 saturated heterocycles.